The van der Waals surface area contributed by atoms with E-state index in [1.54, 1.807) is 6.20 Å². The van der Waals surface area contributed by atoms with Gasteiger partial charge in [0.25, 0.3) is 0 Å². The largest absolute Gasteiger partial charge is 0.440 e. The van der Waals surface area contributed by atoms with Crippen molar-refractivity contribution in [2.45, 2.75) is 36.8 Å². The van der Waals surface area contributed by atoms with Crippen molar-refractivity contribution in [1.82, 2.24) is 9.88 Å². The predicted molar refractivity (Wildman–Crippen MR) is 101 cm³/mol. The molecule has 1 amide bonds. The highest BCUT2D eigenvalue weighted by atomic mass is 35.5. The molecule has 0 aliphatic carbocycles. The van der Waals surface area contributed by atoms with Gasteiger partial charge in [0.1, 0.15) is 0 Å². The topological polar surface area (TPSA) is 72.4 Å². The van der Waals surface area contributed by atoms with E-state index in [2.05, 4.69) is 4.98 Å². The van der Waals surface area contributed by atoms with Gasteiger partial charge in [0.15, 0.2) is 5.76 Å². The summed E-state index contributed by atoms with van der Waals surface area (Å²) >= 11 is 7.43. The van der Waals surface area contributed by atoms with E-state index in [1.807, 2.05) is 36.1 Å². The lowest BCUT2D eigenvalue weighted by Gasteiger charge is -2.32. The zero-order valence-corrected chi connectivity index (χ0v) is 15.7. The number of carbonyl (C=O) groups excluding carboxylic acids is 1. The lowest BCUT2D eigenvalue weighted by molar-refractivity contribution is -0.131. The molecule has 1 saturated heterocycles. The predicted octanol–water partition coefficient (Wildman–Crippen LogP) is 3.57. The van der Waals surface area contributed by atoms with Gasteiger partial charge in [0.05, 0.1) is 17.2 Å². The van der Waals surface area contributed by atoms with Crippen molar-refractivity contribution in [1.29, 1.82) is 0 Å². The molecule has 0 bridgehead atoms. The highest BCUT2D eigenvalue weighted by molar-refractivity contribution is 7.99. The van der Waals surface area contributed by atoms with E-state index in [4.69, 9.17) is 21.8 Å². The molecule has 7 heteroatoms. The Balaban J connectivity index is 1.54. The lowest BCUT2D eigenvalue weighted by atomic mass is 10.1. The van der Waals surface area contributed by atoms with Gasteiger partial charge in [-0.1, -0.05) is 11.6 Å². The molecule has 5 nitrogen and oxygen atoms in total. The Morgan fingerprint density at radius 2 is 2.24 bits per heavy atom. The molecule has 134 valence electrons. The first-order chi connectivity index (χ1) is 12.0. The van der Waals surface area contributed by atoms with Crippen molar-refractivity contribution >= 4 is 29.3 Å². The number of rotatable bonds is 5. The maximum absolute atomic E-state index is 12.5. The quantitative estimate of drug-likeness (QED) is 0.859. The SMILES string of the molecule is CC(SCc1ncc(-c2ccc(Cl)cc2)o1)C(=O)N1CCCC(N)C1. The summed E-state index contributed by atoms with van der Waals surface area (Å²) in [7, 11) is 0. The van der Waals surface area contributed by atoms with Crippen LogP contribution in [0.2, 0.25) is 5.02 Å². The Labute approximate surface area is 156 Å². The van der Waals surface area contributed by atoms with E-state index in [0.717, 1.165) is 24.9 Å². The van der Waals surface area contributed by atoms with Crippen molar-refractivity contribution in [3.8, 4) is 11.3 Å². The third-order valence-electron chi connectivity index (χ3n) is 4.26. The van der Waals surface area contributed by atoms with E-state index in [-0.39, 0.29) is 17.2 Å². The second-order valence-corrected chi connectivity index (χ2v) is 8.03. The van der Waals surface area contributed by atoms with Crippen LogP contribution in [0.4, 0.5) is 0 Å². The summed E-state index contributed by atoms with van der Waals surface area (Å²) in [6.07, 6.45) is 3.68. The van der Waals surface area contributed by atoms with Crippen LogP contribution in [-0.4, -0.2) is 40.2 Å². The number of likely N-dealkylation sites (tertiary alicyclic amines) is 1. The van der Waals surface area contributed by atoms with E-state index in [0.29, 0.717) is 29.0 Å². The average molecular weight is 380 g/mol. The van der Waals surface area contributed by atoms with Gasteiger partial charge < -0.3 is 15.1 Å². The second kappa shape index (κ2) is 8.25. The number of hydrogen-bond acceptors (Lipinski definition) is 5. The number of carbonyl (C=O) groups is 1. The Morgan fingerprint density at radius 1 is 1.48 bits per heavy atom. The number of oxazole rings is 1. The molecule has 0 spiro atoms. The fourth-order valence-corrected chi connectivity index (χ4v) is 3.80. The molecule has 0 saturated carbocycles. The minimum Gasteiger partial charge on any atom is -0.440 e. The molecular formula is C18H22ClN3O2S. The molecule has 1 aliphatic heterocycles. The highest BCUT2D eigenvalue weighted by Crippen LogP contribution is 2.25. The van der Waals surface area contributed by atoms with Gasteiger partial charge in [-0.15, -0.1) is 11.8 Å². The van der Waals surface area contributed by atoms with E-state index in [9.17, 15) is 4.79 Å². The van der Waals surface area contributed by atoms with Gasteiger partial charge in [-0.05, 0) is 44.0 Å². The van der Waals surface area contributed by atoms with Gasteiger partial charge in [-0.25, -0.2) is 4.98 Å². The lowest BCUT2D eigenvalue weighted by Crippen LogP contribution is -2.48. The van der Waals surface area contributed by atoms with Gasteiger partial charge in [-0.3, -0.25) is 4.79 Å². The summed E-state index contributed by atoms with van der Waals surface area (Å²) in [6.45, 7) is 3.39. The summed E-state index contributed by atoms with van der Waals surface area (Å²) < 4.78 is 5.78. The number of aromatic nitrogens is 1. The number of nitrogens with zero attached hydrogens (tertiary/aromatic N) is 2. The molecule has 0 radical (unpaired) electrons. The first-order valence-corrected chi connectivity index (χ1v) is 9.82. The highest BCUT2D eigenvalue weighted by Gasteiger charge is 2.25. The third-order valence-corrected chi connectivity index (χ3v) is 5.62. The molecule has 2 heterocycles. The van der Waals surface area contributed by atoms with Crippen molar-refractivity contribution in [2.24, 2.45) is 5.73 Å². The Morgan fingerprint density at radius 3 is 2.96 bits per heavy atom. The van der Waals surface area contributed by atoms with Crippen LogP contribution in [0.15, 0.2) is 34.9 Å². The number of thioether (sulfide) groups is 1. The first kappa shape index (κ1) is 18.3. The molecule has 2 aromatic rings. The minimum absolute atomic E-state index is 0.101. The summed E-state index contributed by atoms with van der Waals surface area (Å²) in [5.41, 5.74) is 6.89. The van der Waals surface area contributed by atoms with Gasteiger partial charge in [0.2, 0.25) is 11.8 Å². The zero-order valence-electron chi connectivity index (χ0n) is 14.2. The van der Waals surface area contributed by atoms with Crippen molar-refractivity contribution < 1.29 is 9.21 Å². The molecule has 1 aliphatic rings. The smallest absolute Gasteiger partial charge is 0.235 e. The van der Waals surface area contributed by atoms with Crippen LogP contribution in [-0.2, 0) is 10.5 Å². The van der Waals surface area contributed by atoms with Crippen LogP contribution in [0.25, 0.3) is 11.3 Å². The fourth-order valence-electron chi connectivity index (χ4n) is 2.86. The summed E-state index contributed by atoms with van der Waals surface area (Å²) in [4.78, 5) is 18.7. The van der Waals surface area contributed by atoms with Crippen molar-refractivity contribution in [3.63, 3.8) is 0 Å². The summed E-state index contributed by atoms with van der Waals surface area (Å²) in [6, 6.07) is 7.52. The number of benzene rings is 1. The molecular weight excluding hydrogens is 358 g/mol. The van der Waals surface area contributed by atoms with Gasteiger partial charge in [0, 0.05) is 29.7 Å². The van der Waals surface area contributed by atoms with Crippen LogP contribution in [0.3, 0.4) is 0 Å². The normalized spacial score (nSPS) is 19.0. The van der Waals surface area contributed by atoms with Crippen LogP contribution in [0, 0.1) is 0 Å². The average Bonchev–Trinajstić information content (AvgIpc) is 3.08. The fraction of sp³-hybridized carbons (Fsp3) is 0.444. The minimum atomic E-state index is -0.142. The third kappa shape index (κ3) is 4.77. The van der Waals surface area contributed by atoms with E-state index < -0.39 is 0 Å². The number of piperidine rings is 1. The molecule has 25 heavy (non-hydrogen) atoms. The van der Waals surface area contributed by atoms with Crippen LogP contribution < -0.4 is 5.73 Å². The zero-order chi connectivity index (χ0) is 17.8. The maximum atomic E-state index is 12.5. The number of amides is 1. The molecule has 1 aromatic carbocycles. The standard InChI is InChI=1S/C18H22ClN3O2S/c1-12(18(23)22-8-2-3-15(20)10-22)25-11-17-21-9-16(24-17)13-4-6-14(19)7-5-13/h4-7,9,12,15H,2-3,8,10-11,20H2,1H3. The summed E-state index contributed by atoms with van der Waals surface area (Å²) in [5.74, 6) is 2.02. The second-order valence-electron chi connectivity index (χ2n) is 6.26. The van der Waals surface area contributed by atoms with Crippen molar-refractivity contribution in [2.75, 3.05) is 13.1 Å². The van der Waals surface area contributed by atoms with Crippen LogP contribution in [0.5, 0.6) is 0 Å². The van der Waals surface area contributed by atoms with Crippen LogP contribution in [0.1, 0.15) is 25.7 Å². The monoisotopic (exact) mass is 379 g/mol. The van der Waals surface area contributed by atoms with Crippen molar-refractivity contribution in [3.05, 3.63) is 41.4 Å². The number of halogens is 1. The Hall–Kier alpha value is -1.50. The van der Waals surface area contributed by atoms with Gasteiger partial charge in [-0.2, -0.15) is 0 Å². The van der Waals surface area contributed by atoms with Gasteiger partial charge >= 0.3 is 0 Å². The molecule has 2 N–H and O–H groups in total. The molecule has 2 unspecified atom stereocenters. The molecule has 1 fully saturated rings. The molecule has 3 rings (SSSR count). The Kier molecular flexibility index (Phi) is 6.04. The Bertz CT molecular complexity index is 719. The van der Waals surface area contributed by atoms with E-state index >= 15 is 0 Å². The van der Waals surface area contributed by atoms with E-state index in [1.165, 1.54) is 11.8 Å². The molecule has 2 atom stereocenters. The summed E-state index contributed by atoms with van der Waals surface area (Å²) in [5, 5.41) is 0.542. The maximum Gasteiger partial charge on any atom is 0.235 e. The first-order valence-electron chi connectivity index (χ1n) is 8.39. The molecule has 1 aromatic heterocycles. The number of hydrogen-bond donors (Lipinski definition) is 1. The number of nitrogens with two attached hydrogens (primary N) is 1. The van der Waals surface area contributed by atoms with Crippen LogP contribution >= 0.6 is 23.4 Å².